The molecule has 1 atom stereocenters. The van der Waals surface area contributed by atoms with E-state index in [4.69, 9.17) is 0 Å². The molecule has 1 aliphatic heterocycles. The van der Waals surface area contributed by atoms with Gasteiger partial charge >= 0.3 is 6.18 Å². The number of nitrogens with zero attached hydrogens (tertiary/aromatic N) is 5. The third kappa shape index (κ3) is 4.15. The number of piperidine rings is 1. The summed E-state index contributed by atoms with van der Waals surface area (Å²) in [6.45, 7) is 3.43. The molecule has 25 heavy (non-hydrogen) atoms. The lowest BCUT2D eigenvalue weighted by Crippen LogP contribution is -2.41. The third-order valence-electron chi connectivity index (χ3n) is 4.19. The van der Waals surface area contributed by atoms with Crippen molar-refractivity contribution in [3.8, 4) is 11.4 Å². The number of aromatic nitrogens is 4. The van der Waals surface area contributed by atoms with E-state index in [-0.39, 0.29) is 23.8 Å². The van der Waals surface area contributed by atoms with E-state index in [2.05, 4.69) is 22.3 Å². The zero-order valence-electron chi connectivity index (χ0n) is 13.7. The number of hydrogen-bond donors (Lipinski definition) is 0. The van der Waals surface area contributed by atoms with Gasteiger partial charge in [-0.05, 0) is 36.1 Å². The molecular weight excluding hydrogens is 335 g/mol. The minimum Gasteiger partial charge on any atom is -0.341 e. The molecule has 0 spiro atoms. The minimum atomic E-state index is -4.44. The van der Waals surface area contributed by atoms with Gasteiger partial charge in [0.25, 0.3) is 0 Å². The summed E-state index contributed by atoms with van der Waals surface area (Å²) in [5, 5.41) is 11.6. The summed E-state index contributed by atoms with van der Waals surface area (Å²) >= 11 is 0. The highest BCUT2D eigenvalue weighted by Crippen LogP contribution is 2.31. The van der Waals surface area contributed by atoms with E-state index in [0.717, 1.165) is 29.8 Å². The highest BCUT2D eigenvalue weighted by atomic mass is 19.4. The number of carbonyl (C=O) groups excluding carboxylic acids is 1. The lowest BCUT2D eigenvalue weighted by molar-refractivity contribution is -0.137. The van der Waals surface area contributed by atoms with E-state index < -0.39 is 11.7 Å². The molecule has 9 heteroatoms. The highest BCUT2D eigenvalue weighted by molar-refractivity contribution is 5.75. The van der Waals surface area contributed by atoms with Crippen LogP contribution in [-0.4, -0.2) is 44.1 Å². The number of benzene rings is 1. The van der Waals surface area contributed by atoms with Gasteiger partial charge in [0.2, 0.25) is 11.7 Å². The standard InChI is InChI=1S/C16H18F3N5O/c1-11-4-3-7-23(9-11)14(25)10-24-21-15(20-22-24)12-5-2-6-13(8-12)16(17,18)19/h2,5-6,8,11H,3-4,7,9-10H2,1H3/t11-/m1/s1. The van der Waals surface area contributed by atoms with Crippen LogP contribution in [0.5, 0.6) is 0 Å². The second kappa shape index (κ2) is 6.81. The first-order valence-electron chi connectivity index (χ1n) is 8.06. The van der Waals surface area contributed by atoms with Crippen molar-refractivity contribution in [2.75, 3.05) is 13.1 Å². The van der Waals surface area contributed by atoms with Gasteiger partial charge < -0.3 is 4.90 Å². The van der Waals surface area contributed by atoms with Crippen LogP contribution in [0.3, 0.4) is 0 Å². The molecule has 0 aliphatic carbocycles. The van der Waals surface area contributed by atoms with Crippen LogP contribution < -0.4 is 0 Å². The minimum absolute atomic E-state index is 0.0610. The van der Waals surface area contributed by atoms with Gasteiger partial charge in [0, 0.05) is 18.7 Å². The summed E-state index contributed by atoms with van der Waals surface area (Å²) < 4.78 is 38.4. The number of amides is 1. The van der Waals surface area contributed by atoms with Crippen LogP contribution >= 0.6 is 0 Å². The van der Waals surface area contributed by atoms with Gasteiger partial charge in [-0.25, -0.2) is 0 Å². The molecule has 0 unspecified atom stereocenters. The van der Waals surface area contributed by atoms with Gasteiger partial charge in [-0.3, -0.25) is 4.79 Å². The zero-order valence-corrected chi connectivity index (χ0v) is 13.7. The molecule has 0 N–H and O–H groups in total. The maximum absolute atomic E-state index is 12.8. The molecule has 1 saturated heterocycles. The third-order valence-corrected chi connectivity index (χ3v) is 4.19. The first-order chi connectivity index (χ1) is 11.8. The molecule has 2 aromatic rings. The van der Waals surface area contributed by atoms with Crippen molar-refractivity contribution in [1.29, 1.82) is 0 Å². The van der Waals surface area contributed by atoms with Crippen LogP contribution in [0.15, 0.2) is 24.3 Å². The van der Waals surface area contributed by atoms with Crippen molar-refractivity contribution in [2.45, 2.75) is 32.5 Å². The summed E-state index contributed by atoms with van der Waals surface area (Å²) in [6, 6.07) is 4.72. The molecule has 0 bridgehead atoms. The molecule has 1 amide bonds. The Kier molecular flexibility index (Phi) is 4.73. The lowest BCUT2D eigenvalue weighted by atomic mass is 10.0. The summed E-state index contributed by atoms with van der Waals surface area (Å²) in [5.41, 5.74) is -0.570. The normalized spacial score (nSPS) is 18.4. The van der Waals surface area contributed by atoms with Gasteiger partial charge in [0.05, 0.1) is 5.56 Å². The SMILES string of the molecule is C[C@@H]1CCCN(C(=O)Cn2nnc(-c3cccc(C(F)(F)F)c3)n2)C1. The Morgan fingerprint density at radius 2 is 2.16 bits per heavy atom. The number of alkyl halides is 3. The molecule has 2 heterocycles. The molecule has 0 saturated carbocycles. The quantitative estimate of drug-likeness (QED) is 0.851. The van der Waals surface area contributed by atoms with Gasteiger partial charge in [-0.1, -0.05) is 19.1 Å². The van der Waals surface area contributed by atoms with Crippen molar-refractivity contribution in [3.05, 3.63) is 29.8 Å². The van der Waals surface area contributed by atoms with Crippen LogP contribution in [0.4, 0.5) is 13.2 Å². The highest BCUT2D eigenvalue weighted by Gasteiger charge is 2.30. The molecular formula is C16H18F3N5O. The predicted octanol–water partition coefficient (Wildman–Crippen LogP) is 2.62. The molecule has 3 rings (SSSR count). The Labute approximate surface area is 142 Å². The number of carbonyl (C=O) groups is 1. The Balaban J connectivity index is 1.71. The number of rotatable bonds is 3. The van der Waals surface area contributed by atoms with Gasteiger partial charge in [-0.2, -0.15) is 18.0 Å². The largest absolute Gasteiger partial charge is 0.416 e. The fraction of sp³-hybridized carbons (Fsp3) is 0.500. The molecule has 1 aromatic heterocycles. The average Bonchev–Trinajstić information content (AvgIpc) is 3.03. The fourth-order valence-electron chi connectivity index (χ4n) is 2.90. The Morgan fingerprint density at radius 3 is 2.88 bits per heavy atom. The second-order valence-electron chi connectivity index (χ2n) is 6.31. The van der Waals surface area contributed by atoms with Crippen molar-refractivity contribution in [2.24, 2.45) is 5.92 Å². The van der Waals surface area contributed by atoms with Gasteiger partial charge in [-0.15, -0.1) is 10.2 Å². The Bertz CT molecular complexity index is 758. The van der Waals surface area contributed by atoms with Crippen LogP contribution in [0.2, 0.25) is 0 Å². The smallest absolute Gasteiger partial charge is 0.341 e. The topological polar surface area (TPSA) is 63.9 Å². The zero-order chi connectivity index (χ0) is 18.0. The van der Waals surface area contributed by atoms with E-state index in [1.165, 1.54) is 12.1 Å². The van der Waals surface area contributed by atoms with Gasteiger partial charge in [0.1, 0.15) is 6.54 Å². The Morgan fingerprint density at radius 1 is 1.36 bits per heavy atom. The average molecular weight is 353 g/mol. The summed E-state index contributed by atoms with van der Waals surface area (Å²) in [5.74, 6) is 0.410. The summed E-state index contributed by atoms with van der Waals surface area (Å²) in [6.07, 6.45) is -2.37. The maximum atomic E-state index is 12.8. The molecule has 1 fully saturated rings. The first kappa shape index (κ1) is 17.4. The summed E-state index contributed by atoms with van der Waals surface area (Å²) in [7, 11) is 0. The van der Waals surface area contributed by atoms with E-state index >= 15 is 0 Å². The van der Waals surface area contributed by atoms with Crippen LogP contribution in [0.25, 0.3) is 11.4 Å². The first-order valence-corrected chi connectivity index (χ1v) is 8.06. The molecule has 0 radical (unpaired) electrons. The second-order valence-corrected chi connectivity index (χ2v) is 6.31. The van der Waals surface area contributed by atoms with Crippen molar-refractivity contribution >= 4 is 5.91 Å². The van der Waals surface area contributed by atoms with E-state index in [9.17, 15) is 18.0 Å². The van der Waals surface area contributed by atoms with E-state index in [0.29, 0.717) is 19.0 Å². The number of likely N-dealkylation sites (tertiary alicyclic amines) is 1. The maximum Gasteiger partial charge on any atom is 0.416 e. The molecule has 6 nitrogen and oxygen atoms in total. The molecule has 1 aromatic carbocycles. The fourth-order valence-corrected chi connectivity index (χ4v) is 2.90. The van der Waals surface area contributed by atoms with E-state index in [1.807, 2.05) is 0 Å². The lowest BCUT2D eigenvalue weighted by Gasteiger charge is -2.30. The molecule has 1 aliphatic rings. The number of halogens is 3. The number of hydrogen-bond acceptors (Lipinski definition) is 4. The monoisotopic (exact) mass is 353 g/mol. The Hall–Kier alpha value is -2.45. The van der Waals surface area contributed by atoms with Crippen molar-refractivity contribution < 1.29 is 18.0 Å². The summed E-state index contributed by atoms with van der Waals surface area (Å²) in [4.78, 5) is 15.2. The van der Waals surface area contributed by atoms with Crippen molar-refractivity contribution in [3.63, 3.8) is 0 Å². The van der Waals surface area contributed by atoms with Crippen molar-refractivity contribution in [1.82, 2.24) is 25.1 Å². The van der Waals surface area contributed by atoms with Crippen LogP contribution in [0, 0.1) is 5.92 Å². The number of tetrazole rings is 1. The van der Waals surface area contributed by atoms with E-state index in [1.54, 1.807) is 4.90 Å². The predicted molar refractivity (Wildman–Crippen MR) is 83.2 cm³/mol. The van der Waals surface area contributed by atoms with Crippen LogP contribution in [-0.2, 0) is 17.5 Å². The van der Waals surface area contributed by atoms with Gasteiger partial charge in [0.15, 0.2) is 0 Å². The molecule has 134 valence electrons. The van der Waals surface area contributed by atoms with Crippen LogP contribution in [0.1, 0.15) is 25.3 Å².